The van der Waals surface area contributed by atoms with Crippen LogP contribution in [0, 0.1) is 5.92 Å². The van der Waals surface area contributed by atoms with Crippen LogP contribution in [0.3, 0.4) is 0 Å². The van der Waals surface area contributed by atoms with Crippen molar-refractivity contribution in [1.82, 2.24) is 14.5 Å². The summed E-state index contributed by atoms with van der Waals surface area (Å²) in [5.74, 6) is 1.11. The molecule has 2 saturated heterocycles. The molecule has 1 aromatic carbocycles. The molecule has 0 bridgehead atoms. The van der Waals surface area contributed by atoms with Gasteiger partial charge in [0.15, 0.2) is 0 Å². The summed E-state index contributed by atoms with van der Waals surface area (Å²) in [5, 5.41) is 0.381. The summed E-state index contributed by atoms with van der Waals surface area (Å²) in [6, 6.07) is 2.79. The molecule has 2 aromatic rings. The van der Waals surface area contributed by atoms with Gasteiger partial charge in [0.05, 0.1) is 30.3 Å². The van der Waals surface area contributed by atoms with Crippen molar-refractivity contribution in [1.29, 1.82) is 0 Å². The standard InChI is InChI=1S/C20H22F3N3O2S/c21-20(22,23)14-6-13-8-24-19(27)26-15(11-29-17(7-14)18(13)26)5-12-1-3-25(4-2-12)16-9-28-10-16/h6-8,12,15-16H,1-5,9-11H2. The normalized spacial score (nSPS) is 24.0. The molecule has 0 N–H and O–H groups in total. The maximum absolute atomic E-state index is 13.2. The second kappa shape index (κ2) is 7.28. The van der Waals surface area contributed by atoms with Crippen LogP contribution in [0.1, 0.15) is 30.9 Å². The third-order valence-electron chi connectivity index (χ3n) is 6.38. The number of thioether (sulfide) groups is 1. The molecule has 0 radical (unpaired) electrons. The van der Waals surface area contributed by atoms with Gasteiger partial charge in [-0.2, -0.15) is 13.2 Å². The van der Waals surface area contributed by atoms with E-state index in [1.165, 1.54) is 24.0 Å². The average Bonchev–Trinajstić information content (AvgIpc) is 2.64. The summed E-state index contributed by atoms with van der Waals surface area (Å²) in [7, 11) is 0. The molecule has 9 heteroatoms. The fourth-order valence-corrected chi connectivity index (χ4v) is 5.91. The van der Waals surface area contributed by atoms with Crippen molar-refractivity contribution in [3.8, 4) is 0 Å². The topological polar surface area (TPSA) is 47.4 Å². The molecule has 5 nitrogen and oxygen atoms in total. The summed E-state index contributed by atoms with van der Waals surface area (Å²) in [4.78, 5) is 19.5. The quantitative estimate of drug-likeness (QED) is 0.753. The maximum Gasteiger partial charge on any atom is 0.416 e. The molecule has 1 atom stereocenters. The third-order valence-corrected chi connectivity index (χ3v) is 7.55. The van der Waals surface area contributed by atoms with Gasteiger partial charge < -0.3 is 4.74 Å². The lowest BCUT2D eigenvalue weighted by molar-refractivity contribution is -0.137. The van der Waals surface area contributed by atoms with Crippen LogP contribution in [0.15, 0.2) is 28.0 Å². The second-order valence-electron chi connectivity index (χ2n) is 8.19. The zero-order valence-electron chi connectivity index (χ0n) is 15.8. The molecule has 156 valence electrons. The molecule has 4 heterocycles. The molecule has 1 unspecified atom stereocenters. The molecule has 1 aromatic heterocycles. The van der Waals surface area contributed by atoms with Crippen LogP contribution < -0.4 is 5.69 Å². The maximum atomic E-state index is 13.2. The van der Waals surface area contributed by atoms with Crippen molar-refractivity contribution < 1.29 is 17.9 Å². The highest BCUT2D eigenvalue weighted by Crippen LogP contribution is 2.42. The summed E-state index contributed by atoms with van der Waals surface area (Å²) >= 11 is 1.42. The number of halogens is 3. The Morgan fingerprint density at radius 2 is 1.97 bits per heavy atom. The van der Waals surface area contributed by atoms with Crippen LogP contribution in [0.4, 0.5) is 13.2 Å². The second-order valence-corrected chi connectivity index (χ2v) is 9.25. The predicted octanol–water partition coefficient (Wildman–Crippen LogP) is 3.56. The number of nitrogens with zero attached hydrogens (tertiary/aromatic N) is 3. The van der Waals surface area contributed by atoms with Crippen LogP contribution >= 0.6 is 11.8 Å². The Balaban J connectivity index is 1.40. The number of rotatable bonds is 3. The molecule has 0 aliphatic carbocycles. The number of likely N-dealkylation sites (tertiary alicyclic amines) is 1. The summed E-state index contributed by atoms with van der Waals surface area (Å²) in [6.45, 7) is 3.73. The number of benzene rings is 1. The number of alkyl halides is 3. The minimum atomic E-state index is -4.41. The zero-order chi connectivity index (χ0) is 20.2. The minimum Gasteiger partial charge on any atom is -0.378 e. The molecule has 3 aliphatic rings. The monoisotopic (exact) mass is 425 g/mol. The van der Waals surface area contributed by atoms with Crippen molar-refractivity contribution in [3.63, 3.8) is 0 Å². The van der Waals surface area contributed by atoms with Crippen molar-refractivity contribution in [2.75, 3.05) is 32.1 Å². The third kappa shape index (κ3) is 3.57. The highest BCUT2D eigenvalue weighted by molar-refractivity contribution is 7.99. The summed E-state index contributed by atoms with van der Waals surface area (Å²) in [6.07, 6.45) is -0.119. The van der Waals surface area contributed by atoms with Crippen molar-refractivity contribution in [2.45, 2.75) is 42.4 Å². The lowest BCUT2D eigenvalue weighted by Crippen LogP contribution is -2.51. The smallest absolute Gasteiger partial charge is 0.378 e. The van der Waals surface area contributed by atoms with E-state index in [0.29, 0.717) is 33.5 Å². The Labute approximate surface area is 170 Å². The lowest BCUT2D eigenvalue weighted by atomic mass is 9.89. The van der Waals surface area contributed by atoms with E-state index in [2.05, 4.69) is 9.88 Å². The van der Waals surface area contributed by atoms with E-state index in [0.717, 1.165) is 51.6 Å². The van der Waals surface area contributed by atoms with E-state index in [1.54, 1.807) is 4.57 Å². The van der Waals surface area contributed by atoms with Crippen molar-refractivity contribution >= 4 is 22.7 Å². The van der Waals surface area contributed by atoms with Gasteiger partial charge in [0.1, 0.15) is 0 Å². The average molecular weight is 425 g/mol. The Bertz CT molecular complexity index is 981. The van der Waals surface area contributed by atoms with Crippen LogP contribution in [-0.2, 0) is 10.9 Å². The minimum absolute atomic E-state index is 0.0310. The summed E-state index contributed by atoms with van der Waals surface area (Å²) < 4.78 is 46.6. The molecule has 0 saturated carbocycles. The van der Waals surface area contributed by atoms with E-state index in [4.69, 9.17) is 4.74 Å². The van der Waals surface area contributed by atoms with Gasteiger partial charge in [-0.15, -0.1) is 11.8 Å². The number of hydrogen-bond donors (Lipinski definition) is 0. The first kappa shape index (κ1) is 19.4. The van der Waals surface area contributed by atoms with Gasteiger partial charge in [-0.3, -0.25) is 9.47 Å². The van der Waals surface area contributed by atoms with Gasteiger partial charge >= 0.3 is 11.9 Å². The van der Waals surface area contributed by atoms with Crippen LogP contribution in [-0.4, -0.2) is 52.5 Å². The highest BCUT2D eigenvalue weighted by Gasteiger charge is 2.35. The van der Waals surface area contributed by atoms with Crippen molar-refractivity contribution in [3.05, 3.63) is 34.4 Å². The summed E-state index contributed by atoms with van der Waals surface area (Å²) in [5.41, 5.74) is -0.457. The first-order valence-electron chi connectivity index (χ1n) is 9.97. The molecule has 0 spiro atoms. The van der Waals surface area contributed by atoms with E-state index < -0.39 is 11.7 Å². The molecular formula is C20H22F3N3O2S. The van der Waals surface area contributed by atoms with E-state index in [-0.39, 0.29) is 11.7 Å². The van der Waals surface area contributed by atoms with Gasteiger partial charge in [0.2, 0.25) is 0 Å². The van der Waals surface area contributed by atoms with Crippen LogP contribution in [0.2, 0.25) is 0 Å². The lowest BCUT2D eigenvalue weighted by Gasteiger charge is -2.42. The fourth-order valence-electron chi connectivity index (χ4n) is 4.69. The van der Waals surface area contributed by atoms with Gasteiger partial charge in [-0.1, -0.05) is 0 Å². The van der Waals surface area contributed by atoms with Crippen LogP contribution in [0.25, 0.3) is 10.9 Å². The zero-order valence-corrected chi connectivity index (χ0v) is 16.6. The molecule has 2 fully saturated rings. The SMILES string of the molecule is O=c1ncc2cc(C(F)(F)F)cc3c2n1C(CC1CCN(C2COC2)CC1)CS3. The van der Waals surface area contributed by atoms with Gasteiger partial charge in [-0.05, 0) is 50.4 Å². The number of ether oxygens (including phenoxy) is 1. The number of aromatic nitrogens is 2. The number of hydrogen-bond acceptors (Lipinski definition) is 5. The van der Waals surface area contributed by atoms with E-state index in [1.807, 2.05) is 0 Å². The predicted molar refractivity (Wildman–Crippen MR) is 104 cm³/mol. The van der Waals surface area contributed by atoms with E-state index in [9.17, 15) is 18.0 Å². The Morgan fingerprint density at radius 1 is 1.21 bits per heavy atom. The Morgan fingerprint density at radius 3 is 2.62 bits per heavy atom. The Kier molecular flexibility index (Phi) is 4.87. The first-order valence-corrected chi connectivity index (χ1v) is 11.0. The van der Waals surface area contributed by atoms with Gasteiger partial charge in [-0.25, -0.2) is 9.78 Å². The Hall–Kier alpha value is -1.58. The number of piperidine rings is 1. The molecule has 5 rings (SSSR count). The molecular weight excluding hydrogens is 403 g/mol. The highest BCUT2D eigenvalue weighted by atomic mass is 32.2. The molecule has 0 amide bonds. The van der Waals surface area contributed by atoms with Gasteiger partial charge in [0, 0.05) is 28.3 Å². The first-order chi connectivity index (χ1) is 13.9. The van der Waals surface area contributed by atoms with Crippen molar-refractivity contribution in [2.24, 2.45) is 5.92 Å². The van der Waals surface area contributed by atoms with Gasteiger partial charge in [0.25, 0.3) is 0 Å². The fraction of sp³-hybridized carbons (Fsp3) is 0.600. The molecule has 29 heavy (non-hydrogen) atoms. The molecule has 3 aliphatic heterocycles. The largest absolute Gasteiger partial charge is 0.416 e. The van der Waals surface area contributed by atoms with Crippen LogP contribution in [0.5, 0.6) is 0 Å². The van der Waals surface area contributed by atoms with E-state index >= 15 is 0 Å².